The fraction of sp³-hybridized carbons (Fsp3) is 0.583. The Bertz CT molecular complexity index is 466. The van der Waals surface area contributed by atoms with Crippen LogP contribution in [0.1, 0.15) is 55.6 Å². The SMILES string of the molecule is CCCCn1nc(C(C)C)cc(C(=O)Cl)c1=O. The summed E-state index contributed by atoms with van der Waals surface area (Å²) < 4.78 is 1.34. The van der Waals surface area contributed by atoms with Crippen molar-refractivity contribution in [1.29, 1.82) is 0 Å². The molecule has 1 heterocycles. The number of hydrogen-bond acceptors (Lipinski definition) is 3. The van der Waals surface area contributed by atoms with Crippen molar-refractivity contribution in [3.63, 3.8) is 0 Å². The Hall–Kier alpha value is -1.16. The number of unbranched alkanes of at least 4 members (excludes halogenated alkanes) is 1. The Morgan fingerprint density at radius 3 is 2.65 bits per heavy atom. The third-order valence-corrected chi connectivity index (χ3v) is 2.72. The van der Waals surface area contributed by atoms with Crippen molar-refractivity contribution in [3.05, 3.63) is 27.7 Å². The minimum atomic E-state index is -0.718. The lowest BCUT2D eigenvalue weighted by Gasteiger charge is -2.10. The highest BCUT2D eigenvalue weighted by Gasteiger charge is 2.14. The van der Waals surface area contributed by atoms with E-state index in [1.54, 1.807) is 0 Å². The molecule has 0 unspecified atom stereocenters. The summed E-state index contributed by atoms with van der Waals surface area (Å²) >= 11 is 5.41. The van der Waals surface area contributed by atoms with Crippen LogP contribution in [0.2, 0.25) is 0 Å². The van der Waals surface area contributed by atoms with Crippen molar-refractivity contribution in [2.75, 3.05) is 0 Å². The Kier molecular flexibility index (Phi) is 4.87. The number of carbonyl (C=O) groups excluding carboxylic acids is 1. The molecule has 0 amide bonds. The average Bonchev–Trinajstić information content (AvgIpc) is 2.26. The van der Waals surface area contributed by atoms with Crippen LogP contribution >= 0.6 is 11.6 Å². The zero-order chi connectivity index (χ0) is 13.0. The summed E-state index contributed by atoms with van der Waals surface area (Å²) in [6.45, 7) is 6.47. The van der Waals surface area contributed by atoms with Crippen LogP contribution in [0.5, 0.6) is 0 Å². The van der Waals surface area contributed by atoms with Gasteiger partial charge in [0.15, 0.2) is 0 Å². The monoisotopic (exact) mass is 256 g/mol. The first-order valence-electron chi connectivity index (χ1n) is 5.79. The first kappa shape index (κ1) is 13.9. The summed E-state index contributed by atoms with van der Waals surface area (Å²) in [5.41, 5.74) is 0.328. The van der Waals surface area contributed by atoms with Crippen molar-refractivity contribution in [3.8, 4) is 0 Å². The highest BCUT2D eigenvalue weighted by molar-refractivity contribution is 6.67. The van der Waals surface area contributed by atoms with Gasteiger partial charge in [-0.3, -0.25) is 9.59 Å². The van der Waals surface area contributed by atoms with E-state index in [0.29, 0.717) is 12.2 Å². The van der Waals surface area contributed by atoms with Gasteiger partial charge >= 0.3 is 0 Å². The molecule has 0 N–H and O–H groups in total. The smallest absolute Gasteiger partial charge is 0.275 e. The van der Waals surface area contributed by atoms with Crippen LogP contribution in [-0.4, -0.2) is 15.0 Å². The number of rotatable bonds is 5. The first-order valence-corrected chi connectivity index (χ1v) is 6.17. The normalized spacial score (nSPS) is 10.9. The fourth-order valence-corrected chi connectivity index (χ4v) is 1.58. The molecule has 94 valence electrons. The maximum Gasteiger partial charge on any atom is 0.278 e. The number of hydrogen-bond donors (Lipinski definition) is 0. The molecular weight excluding hydrogens is 240 g/mol. The molecule has 0 fully saturated rings. The molecule has 0 bridgehead atoms. The number of aryl methyl sites for hydroxylation is 1. The predicted molar refractivity (Wildman–Crippen MR) is 67.7 cm³/mol. The number of halogens is 1. The second-order valence-corrected chi connectivity index (χ2v) is 4.64. The van der Waals surface area contributed by atoms with E-state index >= 15 is 0 Å². The maximum atomic E-state index is 11.9. The van der Waals surface area contributed by atoms with Crippen molar-refractivity contribution in [1.82, 2.24) is 9.78 Å². The largest absolute Gasteiger partial charge is 0.278 e. The Balaban J connectivity index is 3.28. The summed E-state index contributed by atoms with van der Waals surface area (Å²) in [6.07, 6.45) is 1.81. The topological polar surface area (TPSA) is 52.0 Å². The van der Waals surface area contributed by atoms with E-state index in [0.717, 1.165) is 12.8 Å². The van der Waals surface area contributed by atoms with Gasteiger partial charge in [-0.25, -0.2) is 4.68 Å². The summed E-state index contributed by atoms with van der Waals surface area (Å²) in [7, 11) is 0. The zero-order valence-electron chi connectivity index (χ0n) is 10.4. The molecule has 0 spiro atoms. The van der Waals surface area contributed by atoms with Crippen LogP contribution in [0.3, 0.4) is 0 Å². The zero-order valence-corrected chi connectivity index (χ0v) is 11.1. The summed E-state index contributed by atoms with van der Waals surface area (Å²) in [5, 5.41) is 3.53. The molecule has 0 aliphatic heterocycles. The summed E-state index contributed by atoms with van der Waals surface area (Å²) in [6, 6.07) is 1.49. The van der Waals surface area contributed by atoms with Gasteiger partial charge in [0, 0.05) is 6.54 Å². The summed E-state index contributed by atoms with van der Waals surface area (Å²) in [5.74, 6) is 0.151. The molecule has 0 radical (unpaired) electrons. The van der Waals surface area contributed by atoms with Crippen molar-refractivity contribution in [2.24, 2.45) is 0 Å². The number of aromatic nitrogens is 2. The van der Waals surface area contributed by atoms with Crippen LogP contribution in [0.15, 0.2) is 10.9 Å². The predicted octanol–water partition coefficient (Wildman–Crippen LogP) is 2.55. The number of nitrogens with zero attached hydrogens (tertiary/aromatic N) is 2. The lowest BCUT2D eigenvalue weighted by Crippen LogP contribution is -2.29. The van der Waals surface area contributed by atoms with E-state index in [1.807, 2.05) is 20.8 Å². The van der Waals surface area contributed by atoms with Gasteiger partial charge < -0.3 is 0 Å². The van der Waals surface area contributed by atoms with Gasteiger partial charge in [-0.05, 0) is 30.0 Å². The van der Waals surface area contributed by atoms with Crippen molar-refractivity contribution >= 4 is 16.8 Å². The molecule has 0 saturated heterocycles. The molecule has 1 aromatic heterocycles. The third-order valence-electron chi connectivity index (χ3n) is 2.52. The quantitative estimate of drug-likeness (QED) is 0.761. The van der Waals surface area contributed by atoms with Gasteiger partial charge in [0.2, 0.25) is 0 Å². The van der Waals surface area contributed by atoms with E-state index in [-0.39, 0.29) is 11.5 Å². The standard InChI is InChI=1S/C12H17ClN2O2/c1-4-5-6-15-12(17)9(11(13)16)7-10(14-15)8(2)3/h7-8H,4-6H2,1-3H3. The molecule has 17 heavy (non-hydrogen) atoms. The molecule has 5 heteroatoms. The molecule has 0 aliphatic rings. The van der Waals surface area contributed by atoms with E-state index in [2.05, 4.69) is 5.10 Å². The minimum absolute atomic E-state index is 0.0152. The molecule has 0 saturated carbocycles. The highest BCUT2D eigenvalue weighted by Crippen LogP contribution is 2.12. The maximum absolute atomic E-state index is 11.9. The van der Waals surface area contributed by atoms with Gasteiger partial charge in [-0.15, -0.1) is 0 Å². The molecule has 1 rings (SSSR count). The Labute approximate surface area is 106 Å². The molecule has 0 atom stereocenters. The van der Waals surface area contributed by atoms with Gasteiger partial charge in [0.05, 0.1) is 5.69 Å². The lowest BCUT2D eigenvalue weighted by molar-refractivity contribution is 0.107. The van der Waals surface area contributed by atoms with Crippen LogP contribution < -0.4 is 5.56 Å². The molecular formula is C12H17ClN2O2. The Morgan fingerprint density at radius 2 is 2.18 bits per heavy atom. The minimum Gasteiger partial charge on any atom is -0.275 e. The first-order chi connectivity index (χ1) is 7.97. The van der Waals surface area contributed by atoms with E-state index in [4.69, 9.17) is 11.6 Å². The summed E-state index contributed by atoms with van der Waals surface area (Å²) in [4.78, 5) is 23.1. The van der Waals surface area contributed by atoms with Crippen LogP contribution in [0, 0.1) is 0 Å². The molecule has 1 aromatic rings. The molecule has 4 nitrogen and oxygen atoms in total. The van der Waals surface area contributed by atoms with Crippen LogP contribution in [0.4, 0.5) is 0 Å². The highest BCUT2D eigenvalue weighted by atomic mass is 35.5. The van der Waals surface area contributed by atoms with Crippen molar-refractivity contribution < 1.29 is 4.79 Å². The van der Waals surface area contributed by atoms with Crippen molar-refractivity contribution in [2.45, 2.75) is 46.1 Å². The third kappa shape index (κ3) is 3.40. The van der Waals surface area contributed by atoms with Gasteiger partial charge in [-0.1, -0.05) is 27.2 Å². The van der Waals surface area contributed by atoms with E-state index < -0.39 is 10.8 Å². The van der Waals surface area contributed by atoms with Gasteiger partial charge in [0.1, 0.15) is 5.56 Å². The number of carbonyl (C=O) groups is 1. The van der Waals surface area contributed by atoms with Gasteiger partial charge in [-0.2, -0.15) is 5.10 Å². The fourth-order valence-electron chi connectivity index (χ4n) is 1.44. The van der Waals surface area contributed by atoms with E-state index in [1.165, 1.54) is 10.7 Å². The van der Waals surface area contributed by atoms with Crippen LogP contribution in [0.25, 0.3) is 0 Å². The van der Waals surface area contributed by atoms with Crippen LogP contribution in [-0.2, 0) is 6.54 Å². The second kappa shape index (κ2) is 5.96. The average molecular weight is 257 g/mol. The van der Waals surface area contributed by atoms with E-state index in [9.17, 15) is 9.59 Å². The lowest BCUT2D eigenvalue weighted by atomic mass is 10.1. The Morgan fingerprint density at radius 1 is 1.53 bits per heavy atom. The van der Waals surface area contributed by atoms with Gasteiger partial charge in [0.25, 0.3) is 10.8 Å². The molecule has 0 aliphatic carbocycles. The second-order valence-electron chi connectivity index (χ2n) is 4.29. The molecule has 0 aromatic carbocycles.